The lowest BCUT2D eigenvalue weighted by Crippen LogP contribution is -2.62. The van der Waals surface area contributed by atoms with Crippen LogP contribution in [0.15, 0.2) is 41.3 Å². The quantitative estimate of drug-likeness (QED) is 0.124. The lowest BCUT2D eigenvalue weighted by molar-refractivity contribution is -0.384. The van der Waals surface area contributed by atoms with Crippen LogP contribution in [0.25, 0.3) is 0 Å². The molecule has 1 aliphatic carbocycles. The van der Waals surface area contributed by atoms with Crippen LogP contribution in [0.3, 0.4) is 0 Å². The van der Waals surface area contributed by atoms with Gasteiger partial charge in [-0.3, -0.25) is 10.1 Å². The number of nitro groups is 1. The van der Waals surface area contributed by atoms with Gasteiger partial charge in [0.05, 0.1) is 15.9 Å². The van der Waals surface area contributed by atoms with Crippen molar-refractivity contribution in [3.63, 3.8) is 0 Å². The first-order valence-electron chi connectivity index (χ1n) is 17.1. The van der Waals surface area contributed by atoms with Crippen molar-refractivity contribution < 1.29 is 51.0 Å². The summed E-state index contributed by atoms with van der Waals surface area (Å²) in [4.78, 5) is 25.4. The standard InChI is InChI=1S/C34H47N3O12SSi/c1-10-35(11-2)32(38)46-25-20(12-17-23-26(25)44-19-43-23)18-36(50(41,42)22-15-13-21(14-16-22)37(39)40)24-27-29(45-27)31(49-51(8,9)33(3,4)5)30-28(24)47-34(6,7)48-30/h12-17,24,27-31H,10-11,18-19H2,1-9H3/t24-,27-,28+,29-,30+,31+/m1/s1. The molecule has 280 valence electrons. The molecular weight excluding hydrogens is 703 g/mol. The molecule has 17 heteroatoms. The van der Waals surface area contributed by atoms with Crippen LogP contribution in [-0.4, -0.2) is 99.2 Å². The number of amides is 1. The van der Waals surface area contributed by atoms with Crippen LogP contribution in [0.1, 0.15) is 54.0 Å². The lowest BCUT2D eigenvalue weighted by atomic mass is 9.87. The molecule has 0 aromatic heterocycles. The predicted molar refractivity (Wildman–Crippen MR) is 186 cm³/mol. The van der Waals surface area contributed by atoms with E-state index in [1.165, 1.54) is 21.3 Å². The highest BCUT2D eigenvalue weighted by Crippen LogP contribution is 2.52. The van der Waals surface area contributed by atoms with Crippen LogP contribution >= 0.6 is 0 Å². The average molecular weight is 750 g/mol. The molecule has 6 atom stereocenters. The van der Waals surface area contributed by atoms with Crippen LogP contribution in [-0.2, 0) is 35.2 Å². The largest absolute Gasteiger partial charge is 0.453 e. The van der Waals surface area contributed by atoms with E-state index >= 15 is 0 Å². The maximum atomic E-state index is 14.8. The number of carbonyl (C=O) groups is 1. The molecule has 3 aliphatic heterocycles. The van der Waals surface area contributed by atoms with E-state index in [0.29, 0.717) is 24.4 Å². The highest BCUT2D eigenvalue weighted by atomic mass is 32.2. The van der Waals surface area contributed by atoms with Crippen molar-refractivity contribution in [1.82, 2.24) is 9.21 Å². The second-order valence-electron chi connectivity index (χ2n) is 15.1. The van der Waals surface area contributed by atoms with Gasteiger partial charge in [-0.25, -0.2) is 13.2 Å². The molecule has 4 aliphatic rings. The maximum absolute atomic E-state index is 14.8. The Bertz CT molecular complexity index is 1780. The van der Waals surface area contributed by atoms with E-state index in [9.17, 15) is 23.3 Å². The van der Waals surface area contributed by atoms with Gasteiger partial charge < -0.3 is 37.7 Å². The molecule has 0 N–H and O–H groups in total. The summed E-state index contributed by atoms with van der Waals surface area (Å²) >= 11 is 0. The first-order valence-corrected chi connectivity index (χ1v) is 21.5. The van der Waals surface area contributed by atoms with Gasteiger partial charge in [0, 0.05) is 37.3 Å². The number of epoxide rings is 1. The molecule has 0 bridgehead atoms. The van der Waals surface area contributed by atoms with Gasteiger partial charge in [0.2, 0.25) is 22.6 Å². The third-order valence-corrected chi connectivity index (χ3v) is 16.7. The van der Waals surface area contributed by atoms with E-state index in [0.717, 1.165) is 12.1 Å². The van der Waals surface area contributed by atoms with Gasteiger partial charge in [0.1, 0.15) is 30.5 Å². The second-order valence-corrected chi connectivity index (χ2v) is 21.7. The van der Waals surface area contributed by atoms with Gasteiger partial charge in [-0.1, -0.05) is 20.8 Å². The van der Waals surface area contributed by atoms with Crippen LogP contribution in [0, 0.1) is 10.1 Å². The first-order chi connectivity index (χ1) is 23.8. The Balaban J connectivity index is 1.45. The summed E-state index contributed by atoms with van der Waals surface area (Å²) in [5, 5.41) is 11.3. The van der Waals surface area contributed by atoms with Gasteiger partial charge in [0.15, 0.2) is 25.6 Å². The lowest BCUT2D eigenvalue weighted by Gasteiger charge is -2.44. The van der Waals surface area contributed by atoms with E-state index in [1.807, 2.05) is 13.8 Å². The zero-order valence-corrected chi connectivity index (χ0v) is 32.2. The second kappa shape index (κ2) is 13.3. The summed E-state index contributed by atoms with van der Waals surface area (Å²) in [7, 11) is -6.80. The Labute approximate surface area is 299 Å². The fourth-order valence-electron chi connectivity index (χ4n) is 6.61. The smallest absolute Gasteiger partial charge is 0.415 e. The molecular formula is C34H47N3O12SSi. The number of nitrogens with zero attached hydrogens (tertiary/aromatic N) is 3. The average Bonchev–Trinajstić information content (AvgIpc) is 3.55. The number of nitro benzene ring substituents is 1. The van der Waals surface area contributed by atoms with Gasteiger partial charge in [0.25, 0.3) is 5.69 Å². The van der Waals surface area contributed by atoms with Gasteiger partial charge >= 0.3 is 6.09 Å². The number of hydrogen-bond acceptors (Lipinski definition) is 12. The molecule has 2 saturated heterocycles. The molecule has 3 heterocycles. The maximum Gasteiger partial charge on any atom is 0.415 e. The van der Waals surface area contributed by atoms with Crippen LogP contribution in [0.2, 0.25) is 18.1 Å². The fourth-order valence-corrected chi connectivity index (χ4v) is 9.54. The van der Waals surface area contributed by atoms with Crippen molar-refractivity contribution in [3.05, 3.63) is 52.1 Å². The molecule has 1 saturated carbocycles. The monoisotopic (exact) mass is 749 g/mol. The van der Waals surface area contributed by atoms with Crippen molar-refractivity contribution in [1.29, 1.82) is 0 Å². The van der Waals surface area contributed by atoms with Crippen molar-refractivity contribution in [2.75, 3.05) is 19.9 Å². The van der Waals surface area contributed by atoms with E-state index in [1.54, 1.807) is 26.0 Å². The van der Waals surface area contributed by atoms with E-state index in [-0.39, 0.29) is 40.5 Å². The van der Waals surface area contributed by atoms with E-state index in [4.69, 9.17) is 32.8 Å². The molecule has 2 aromatic carbocycles. The van der Waals surface area contributed by atoms with Crippen LogP contribution in [0.4, 0.5) is 10.5 Å². The molecule has 6 rings (SSSR count). The summed E-state index contributed by atoms with van der Waals surface area (Å²) in [5.41, 5.74) is 0.0573. The zero-order chi connectivity index (χ0) is 37.3. The third-order valence-electron chi connectivity index (χ3n) is 10.4. The SMILES string of the molecule is CCN(CC)C(=O)Oc1c(CN([C@H]2[C@@H]3OC(C)(C)O[C@@H]3[C@@H](O[Si](C)(C)C(C)(C)C)[C@@H]3O[C@@H]32)S(=O)(=O)c2ccc([N+](=O)[O-])cc2)ccc2c1OCO2. The molecule has 0 spiro atoms. The summed E-state index contributed by atoms with van der Waals surface area (Å²) in [6.07, 6.45) is -3.80. The Morgan fingerprint density at radius 1 is 1.00 bits per heavy atom. The zero-order valence-electron chi connectivity index (χ0n) is 30.4. The summed E-state index contributed by atoms with van der Waals surface area (Å²) < 4.78 is 74.4. The summed E-state index contributed by atoms with van der Waals surface area (Å²) in [6.45, 7) is 18.2. The fraction of sp³-hybridized carbons (Fsp3) is 0.618. The number of hydrogen-bond donors (Lipinski definition) is 0. The minimum absolute atomic E-state index is 0.0227. The van der Waals surface area contributed by atoms with Crippen molar-refractivity contribution >= 4 is 30.1 Å². The van der Waals surface area contributed by atoms with Gasteiger partial charge in [-0.05, 0) is 70.1 Å². The molecule has 51 heavy (non-hydrogen) atoms. The molecule has 2 aromatic rings. The molecule has 0 unspecified atom stereocenters. The molecule has 0 radical (unpaired) electrons. The number of rotatable bonds is 11. The Kier molecular flexibility index (Phi) is 9.74. The highest BCUT2D eigenvalue weighted by Gasteiger charge is 2.69. The van der Waals surface area contributed by atoms with E-state index in [2.05, 4.69) is 33.9 Å². The van der Waals surface area contributed by atoms with Crippen LogP contribution < -0.4 is 14.2 Å². The third kappa shape index (κ3) is 6.96. The number of benzene rings is 2. The highest BCUT2D eigenvalue weighted by molar-refractivity contribution is 7.89. The Hall–Kier alpha value is -3.32. The van der Waals surface area contributed by atoms with Crippen molar-refractivity contribution in [2.24, 2.45) is 0 Å². The van der Waals surface area contributed by atoms with Crippen LogP contribution in [0.5, 0.6) is 17.2 Å². The summed E-state index contributed by atoms with van der Waals surface area (Å²) in [6, 6.07) is 7.01. The van der Waals surface area contributed by atoms with Crippen molar-refractivity contribution in [2.45, 2.75) is 120 Å². The van der Waals surface area contributed by atoms with Crippen molar-refractivity contribution in [3.8, 4) is 17.2 Å². The number of fused-ring (bicyclic) bond motifs is 3. The minimum atomic E-state index is -4.44. The van der Waals surface area contributed by atoms with Gasteiger partial charge in [-0.15, -0.1) is 0 Å². The number of ether oxygens (including phenoxy) is 6. The molecule has 3 fully saturated rings. The number of non-ortho nitro benzene ring substituents is 1. The molecule has 1 amide bonds. The van der Waals surface area contributed by atoms with E-state index < -0.39 is 71.7 Å². The Morgan fingerprint density at radius 3 is 2.25 bits per heavy atom. The first kappa shape index (κ1) is 37.4. The number of carbonyl (C=O) groups excluding carboxylic acids is 1. The molecule has 15 nitrogen and oxygen atoms in total. The van der Waals surface area contributed by atoms with Gasteiger partial charge in [-0.2, -0.15) is 4.31 Å². The minimum Gasteiger partial charge on any atom is -0.453 e. The summed E-state index contributed by atoms with van der Waals surface area (Å²) in [5.74, 6) is -0.540. The normalized spacial score (nSPS) is 26.4. The predicted octanol–water partition coefficient (Wildman–Crippen LogP) is 5.42. The number of sulfonamides is 1. The Morgan fingerprint density at radius 2 is 1.65 bits per heavy atom. The topological polar surface area (TPSA) is 169 Å².